The van der Waals surface area contributed by atoms with E-state index in [1.807, 2.05) is 28.5 Å². The van der Waals surface area contributed by atoms with Gasteiger partial charge < -0.3 is 23.9 Å². The van der Waals surface area contributed by atoms with Crippen molar-refractivity contribution in [1.82, 2.24) is 38.4 Å². The molecule has 326 valence electrons. The third-order valence-corrected chi connectivity index (χ3v) is 14.9. The molecule has 7 aromatic rings. The maximum absolute atomic E-state index is 15.4. The molecule has 0 unspecified atom stereocenters. The highest BCUT2D eigenvalue weighted by atomic mass is 31.2. The molecule has 0 spiro atoms. The Morgan fingerprint density at radius 2 is 1.70 bits per heavy atom. The van der Waals surface area contributed by atoms with Gasteiger partial charge in [-0.1, -0.05) is 5.16 Å². The minimum absolute atomic E-state index is 0.211. The highest BCUT2D eigenvalue weighted by Crippen LogP contribution is 2.54. The summed E-state index contributed by atoms with van der Waals surface area (Å²) in [7, 11) is -0.881. The summed E-state index contributed by atoms with van der Waals surface area (Å²) < 4.78 is 45.6. The van der Waals surface area contributed by atoms with Crippen LogP contribution in [0.1, 0.15) is 94.4 Å². The smallest absolute Gasteiger partial charge is 0.387 e. The number of hydrogen-bond donors (Lipinski definition) is 2. The average Bonchev–Trinajstić information content (AvgIpc) is 3.56. The first-order valence-corrected chi connectivity index (χ1v) is 24.0. The quantitative estimate of drug-likeness (QED) is 0.154. The zero-order valence-corrected chi connectivity index (χ0v) is 37.0. The van der Waals surface area contributed by atoms with E-state index in [2.05, 4.69) is 27.6 Å². The number of nitrogens with one attached hydrogen (secondary N) is 2. The van der Waals surface area contributed by atoms with Crippen molar-refractivity contribution in [3.05, 3.63) is 139 Å². The molecule has 17 heteroatoms. The number of rotatable bonds is 9. The van der Waals surface area contributed by atoms with Crippen molar-refractivity contribution in [2.75, 3.05) is 45.5 Å². The lowest BCUT2D eigenvalue weighted by Gasteiger charge is -2.34. The Morgan fingerprint density at radius 1 is 0.968 bits per heavy atom. The molecular formula is C46H49FN9O6P. The zero-order valence-electron chi connectivity index (χ0n) is 36.1. The largest absolute Gasteiger partial charge is 0.438 e. The third-order valence-electron chi connectivity index (χ3n) is 13.3. The number of anilines is 1. The minimum Gasteiger partial charge on any atom is -0.387 e. The summed E-state index contributed by atoms with van der Waals surface area (Å²) in [5, 5.41) is 13.0. The Labute approximate surface area is 361 Å². The van der Waals surface area contributed by atoms with Crippen LogP contribution in [0.25, 0.3) is 22.7 Å². The topological polar surface area (TPSA) is 167 Å². The van der Waals surface area contributed by atoms with Crippen LogP contribution in [0, 0.1) is 19.7 Å². The lowest BCUT2D eigenvalue weighted by Crippen LogP contribution is -2.40. The minimum atomic E-state index is -2.63. The molecule has 10 rings (SSSR count). The third kappa shape index (κ3) is 6.64. The van der Waals surface area contributed by atoms with Gasteiger partial charge in [0, 0.05) is 79.6 Å². The molecule has 2 aromatic carbocycles. The monoisotopic (exact) mass is 873 g/mol. The van der Waals surface area contributed by atoms with Crippen molar-refractivity contribution in [3.8, 4) is 17.2 Å². The number of hydrogen-bond acceptors (Lipinski definition) is 9. The van der Waals surface area contributed by atoms with E-state index in [-0.39, 0.29) is 11.7 Å². The van der Waals surface area contributed by atoms with Gasteiger partial charge in [-0.2, -0.15) is 5.10 Å². The second kappa shape index (κ2) is 14.9. The van der Waals surface area contributed by atoms with Crippen molar-refractivity contribution in [2.45, 2.75) is 70.3 Å². The van der Waals surface area contributed by atoms with Crippen LogP contribution in [0.2, 0.25) is 0 Å². The van der Waals surface area contributed by atoms with Gasteiger partial charge in [0.1, 0.15) is 18.8 Å². The number of benzene rings is 2. The van der Waals surface area contributed by atoms with Crippen LogP contribution in [0.4, 0.5) is 10.1 Å². The SMILES string of the molecule is CNc1cc(-n2ccn(-c3c4c(nn3-c3cc(C)c(F)c(C)c3)CCN(C(=O)c3cc5cc(C6CCOCC6)ccn5c3C3(c5noc(=O)[nH]5)CC3)[C@H]4C)c2=O)ccc1P(C)(C)=O. The summed E-state index contributed by atoms with van der Waals surface area (Å²) in [5.74, 6) is -0.0352. The van der Waals surface area contributed by atoms with Crippen molar-refractivity contribution < 1.29 is 23.0 Å². The second-order valence-electron chi connectivity index (χ2n) is 17.6. The van der Waals surface area contributed by atoms with Crippen molar-refractivity contribution in [1.29, 1.82) is 0 Å². The number of aromatic amines is 1. The second-order valence-corrected chi connectivity index (χ2v) is 20.8. The van der Waals surface area contributed by atoms with Crippen LogP contribution in [0.15, 0.2) is 81.2 Å². The number of ether oxygens (including phenoxy) is 1. The van der Waals surface area contributed by atoms with Gasteiger partial charge in [0.15, 0.2) is 5.82 Å². The number of H-pyrrole nitrogens is 1. The number of carbonyl (C=O) groups excluding carboxylic acids is 1. The van der Waals surface area contributed by atoms with Gasteiger partial charge in [-0.3, -0.25) is 23.4 Å². The Balaban J connectivity index is 1.11. The van der Waals surface area contributed by atoms with Crippen LogP contribution in [-0.2, 0) is 21.1 Å². The van der Waals surface area contributed by atoms with Crippen LogP contribution in [-0.4, -0.2) is 84.4 Å². The van der Waals surface area contributed by atoms with Gasteiger partial charge in [0.2, 0.25) is 0 Å². The average molecular weight is 874 g/mol. The van der Waals surface area contributed by atoms with Gasteiger partial charge >= 0.3 is 11.4 Å². The molecule has 1 aliphatic carbocycles. The first-order valence-electron chi connectivity index (χ1n) is 21.4. The fraction of sp³-hybridized carbons (Fsp3) is 0.370. The van der Waals surface area contributed by atoms with Gasteiger partial charge in [-0.15, -0.1) is 0 Å². The number of aryl methyl sites for hydroxylation is 2. The van der Waals surface area contributed by atoms with Crippen molar-refractivity contribution >= 4 is 29.6 Å². The van der Waals surface area contributed by atoms with E-state index in [4.69, 9.17) is 14.4 Å². The van der Waals surface area contributed by atoms with E-state index in [9.17, 15) is 14.2 Å². The molecule has 0 radical (unpaired) electrons. The number of halogens is 1. The van der Waals surface area contributed by atoms with Crippen molar-refractivity contribution in [2.24, 2.45) is 0 Å². The fourth-order valence-corrected chi connectivity index (χ4v) is 11.1. The number of amides is 1. The van der Waals surface area contributed by atoms with E-state index < -0.39 is 30.0 Å². The van der Waals surface area contributed by atoms with Crippen LogP contribution >= 0.6 is 7.14 Å². The molecule has 1 saturated carbocycles. The predicted octanol–water partition coefficient (Wildman–Crippen LogP) is 6.52. The van der Waals surface area contributed by atoms with Crippen LogP contribution in [0.3, 0.4) is 0 Å². The molecule has 15 nitrogen and oxygen atoms in total. The number of pyridine rings is 1. The van der Waals surface area contributed by atoms with Crippen molar-refractivity contribution in [3.63, 3.8) is 0 Å². The summed E-state index contributed by atoms with van der Waals surface area (Å²) in [5.41, 5.74) is 6.18. The number of imidazole rings is 1. The van der Waals surface area contributed by atoms with Gasteiger partial charge in [-0.05, 0) is 131 Å². The fourth-order valence-electron chi connectivity index (χ4n) is 9.90. The number of fused-ring (bicyclic) bond motifs is 2. The van der Waals surface area contributed by atoms with E-state index >= 15 is 9.18 Å². The maximum Gasteiger partial charge on any atom is 0.438 e. The molecule has 7 heterocycles. The van der Waals surface area contributed by atoms with Crippen LogP contribution < -0.4 is 22.1 Å². The standard InChI is InChI=1S/C46H49FN9O6P/c1-26-21-33(22-27(2)39(26)47)56-41(55-18-17-54(45(55)59)31-7-8-37(63(5,6)60)36(25-31)48-4)38-28(3)52(16-10-35(38)50-56)42(57)34-24-32-23-30(29-11-19-61-20-12-29)9-15-53(32)40(34)46(13-14-46)43-49-44(58)62-51-43/h7-9,15,17-18,21-25,28-29,48H,10-14,16,19-20H2,1-6H3,(H,49,51,58)/t28-/m0/s1. The molecule has 2 aliphatic heterocycles. The lowest BCUT2D eigenvalue weighted by atomic mass is 9.92. The highest BCUT2D eigenvalue weighted by molar-refractivity contribution is 7.70. The summed E-state index contributed by atoms with van der Waals surface area (Å²) in [6.45, 7) is 10.5. The molecule has 0 bridgehead atoms. The maximum atomic E-state index is 15.4. The molecular weight excluding hydrogens is 825 g/mol. The summed E-state index contributed by atoms with van der Waals surface area (Å²) >= 11 is 0. The molecule has 1 saturated heterocycles. The van der Waals surface area contributed by atoms with Crippen LogP contribution in [0.5, 0.6) is 0 Å². The molecule has 1 atom stereocenters. The molecule has 63 heavy (non-hydrogen) atoms. The molecule has 1 amide bonds. The van der Waals surface area contributed by atoms with E-state index in [1.165, 1.54) is 14.7 Å². The van der Waals surface area contributed by atoms with Gasteiger partial charge in [-0.25, -0.2) is 18.7 Å². The zero-order chi connectivity index (χ0) is 44.1. The Hall–Kier alpha value is -6.25. The number of nitrogens with zero attached hydrogens (tertiary/aromatic N) is 7. The number of aromatic nitrogens is 7. The normalized spacial score (nSPS) is 17.6. The first-order chi connectivity index (χ1) is 30.2. The molecule has 2 fully saturated rings. The van der Waals surface area contributed by atoms with Gasteiger partial charge in [0.05, 0.1) is 34.1 Å². The van der Waals surface area contributed by atoms with E-state index in [0.717, 1.165) is 24.1 Å². The Morgan fingerprint density at radius 3 is 2.37 bits per heavy atom. The highest BCUT2D eigenvalue weighted by Gasteiger charge is 2.54. The molecule has 3 aliphatic rings. The van der Waals surface area contributed by atoms with E-state index in [1.54, 1.807) is 81.6 Å². The lowest BCUT2D eigenvalue weighted by molar-refractivity contribution is 0.0675. The Bertz CT molecular complexity index is 3130. The first kappa shape index (κ1) is 40.8. The Kier molecular flexibility index (Phi) is 9.68. The summed E-state index contributed by atoms with van der Waals surface area (Å²) in [6.07, 6.45) is 8.90. The number of carbonyl (C=O) groups is 1. The van der Waals surface area contributed by atoms with E-state index in [0.29, 0.717) is 107 Å². The molecule has 2 N–H and O–H groups in total. The predicted molar refractivity (Wildman–Crippen MR) is 237 cm³/mol. The van der Waals surface area contributed by atoms with Gasteiger partial charge in [0.25, 0.3) is 5.91 Å². The molecule has 5 aromatic heterocycles. The summed E-state index contributed by atoms with van der Waals surface area (Å²) in [4.78, 5) is 47.0. The summed E-state index contributed by atoms with van der Waals surface area (Å²) in [6, 6.07) is 14.4.